The van der Waals surface area contributed by atoms with E-state index in [4.69, 9.17) is 4.74 Å². The lowest BCUT2D eigenvalue weighted by atomic mass is 9.92. The second kappa shape index (κ2) is 12.1. The van der Waals surface area contributed by atoms with Crippen molar-refractivity contribution in [3.63, 3.8) is 0 Å². The molecule has 1 unspecified atom stereocenters. The van der Waals surface area contributed by atoms with Gasteiger partial charge in [0.1, 0.15) is 0 Å². The molecule has 1 saturated heterocycles. The maximum atomic E-state index is 5.55. The SMILES string of the molecule is CCC(CC)C(CNC(=NC)NCCCn1nc(C)cc1C)N1CCOCC1. The van der Waals surface area contributed by atoms with Crippen LogP contribution in [0.5, 0.6) is 0 Å². The Morgan fingerprint density at radius 3 is 2.50 bits per heavy atom. The molecule has 1 fully saturated rings. The van der Waals surface area contributed by atoms with Crippen LogP contribution in [0.3, 0.4) is 0 Å². The predicted octanol–water partition coefficient (Wildman–Crippen LogP) is 2.19. The van der Waals surface area contributed by atoms with E-state index in [9.17, 15) is 0 Å². The molecular formula is C21H40N6O. The van der Waals surface area contributed by atoms with Gasteiger partial charge in [0.15, 0.2) is 5.96 Å². The van der Waals surface area contributed by atoms with Crippen molar-refractivity contribution >= 4 is 5.96 Å². The van der Waals surface area contributed by atoms with Crippen molar-refractivity contribution in [2.75, 3.05) is 46.4 Å². The number of rotatable bonds is 10. The second-order valence-corrected chi connectivity index (χ2v) is 7.68. The Bertz CT molecular complexity index is 590. The van der Waals surface area contributed by atoms with Crippen LogP contribution in [0.25, 0.3) is 0 Å². The van der Waals surface area contributed by atoms with Crippen LogP contribution >= 0.6 is 0 Å². The molecule has 2 N–H and O–H groups in total. The zero-order valence-corrected chi connectivity index (χ0v) is 18.5. The van der Waals surface area contributed by atoms with Gasteiger partial charge in [-0.3, -0.25) is 14.6 Å². The number of aromatic nitrogens is 2. The predicted molar refractivity (Wildman–Crippen MR) is 116 cm³/mol. The van der Waals surface area contributed by atoms with E-state index in [-0.39, 0.29) is 0 Å². The Hall–Kier alpha value is -1.60. The first-order chi connectivity index (χ1) is 13.6. The molecular weight excluding hydrogens is 352 g/mol. The van der Waals surface area contributed by atoms with Gasteiger partial charge in [-0.25, -0.2) is 0 Å². The Morgan fingerprint density at radius 2 is 1.93 bits per heavy atom. The number of morpholine rings is 1. The summed E-state index contributed by atoms with van der Waals surface area (Å²) in [5.41, 5.74) is 2.30. The number of hydrogen-bond acceptors (Lipinski definition) is 4. The van der Waals surface area contributed by atoms with Crippen molar-refractivity contribution in [3.8, 4) is 0 Å². The van der Waals surface area contributed by atoms with Gasteiger partial charge in [0, 0.05) is 51.5 Å². The van der Waals surface area contributed by atoms with Crippen LogP contribution in [-0.4, -0.2) is 73.1 Å². The van der Waals surface area contributed by atoms with Crippen LogP contribution in [-0.2, 0) is 11.3 Å². The lowest BCUT2D eigenvalue weighted by molar-refractivity contribution is 0.00272. The first kappa shape index (κ1) is 22.7. The van der Waals surface area contributed by atoms with Gasteiger partial charge in [-0.1, -0.05) is 26.7 Å². The van der Waals surface area contributed by atoms with Gasteiger partial charge >= 0.3 is 0 Å². The molecule has 28 heavy (non-hydrogen) atoms. The van der Waals surface area contributed by atoms with Crippen LogP contribution in [0, 0.1) is 19.8 Å². The molecule has 7 heteroatoms. The Morgan fingerprint density at radius 1 is 1.21 bits per heavy atom. The summed E-state index contributed by atoms with van der Waals surface area (Å²) in [6.45, 7) is 15.2. The van der Waals surface area contributed by atoms with E-state index in [1.54, 1.807) is 0 Å². The number of aliphatic imine (C=N–C) groups is 1. The first-order valence-corrected chi connectivity index (χ1v) is 10.9. The largest absolute Gasteiger partial charge is 0.379 e. The van der Waals surface area contributed by atoms with Crippen molar-refractivity contribution in [1.82, 2.24) is 25.3 Å². The highest BCUT2D eigenvalue weighted by Gasteiger charge is 2.26. The highest BCUT2D eigenvalue weighted by Crippen LogP contribution is 2.19. The summed E-state index contributed by atoms with van der Waals surface area (Å²) in [6, 6.07) is 2.64. The minimum atomic E-state index is 0.521. The molecule has 1 aromatic rings. The van der Waals surface area contributed by atoms with Gasteiger partial charge in [0.2, 0.25) is 0 Å². The third-order valence-electron chi connectivity index (χ3n) is 5.75. The van der Waals surface area contributed by atoms with Crippen molar-refractivity contribution in [1.29, 1.82) is 0 Å². The highest BCUT2D eigenvalue weighted by atomic mass is 16.5. The smallest absolute Gasteiger partial charge is 0.191 e. The van der Waals surface area contributed by atoms with Crippen molar-refractivity contribution in [3.05, 3.63) is 17.5 Å². The van der Waals surface area contributed by atoms with E-state index in [2.05, 4.69) is 57.1 Å². The quantitative estimate of drug-likeness (QED) is 0.363. The molecule has 0 saturated carbocycles. The standard InChI is InChI=1S/C21H40N6O/c1-6-19(7-2)20(26-11-13-28-14-12-26)16-24-21(22-5)23-9-8-10-27-18(4)15-17(3)25-27/h15,19-20H,6-14,16H2,1-5H3,(H2,22,23,24). The average Bonchev–Trinajstić information content (AvgIpc) is 3.04. The minimum absolute atomic E-state index is 0.521. The number of guanidine groups is 1. The summed E-state index contributed by atoms with van der Waals surface area (Å²) >= 11 is 0. The molecule has 1 atom stereocenters. The average molecular weight is 393 g/mol. The zero-order chi connectivity index (χ0) is 20.4. The van der Waals surface area contributed by atoms with E-state index in [1.807, 2.05) is 14.0 Å². The van der Waals surface area contributed by atoms with E-state index in [0.29, 0.717) is 12.0 Å². The third-order valence-corrected chi connectivity index (χ3v) is 5.75. The van der Waals surface area contributed by atoms with Crippen molar-refractivity contribution < 1.29 is 4.74 Å². The fourth-order valence-corrected chi connectivity index (χ4v) is 4.09. The molecule has 1 aliphatic heterocycles. The molecule has 7 nitrogen and oxygen atoms in total. The summed E-state index contributed by atoms with van der Waals surface area (Å²) in [7, 11) is 1.84. The fraction of sp³-hybridized carbons (Fsp3) is 0.810. The number of ether oxygens (including phenoxy) is 1. The Kier molecular flexibility index (Phi) is 9.78. The topological polar surface area (TPSA) is 66.7 Å². The molecule has 0 amide bonds. The van der Waals surface area contributed by atoms with E-state index in [1.165, 1.54) is 18.5 Å². The van der Waals surface area contributed by atoms with Gasteiger partial charge < -0.3 is 15.4 Å². The van der Waals surface area contributed by atoms with Gasteiger partial charge in [-0.05, 0) is 32.3 Å². The van der Waals surface area contributed by atoms with Crippen LogP contribution < -0.4 is 10.6 Å². The summed E-state index contributed by atoms with van der Waals surface area (Å²) in [6.07, 6.45) is 3.42. The number of hydrogen-bond donors (Lipinski definition) is 2. The van der Waals surface area contributed by atoms with E-state index < -0.39 is 0 Å². The molecule has 0 spiro atoms. The number of nitrogens with one attached hydrogen (secondary N) is 2. The highest BCUT2D eigenvalue weighted by molar-refractivity contribution is 5.79. The maximum absolute atomic E-state index is 5.55. The van der Waals surface area contributed by atoms with E-state index in [0.717, 1.165) is 64.0 Å². The molecule has 160 valence electrons. The maximum Gasteiger partial charge on any atom is 0.191 e. The van der Waals surface area contributed by atoms with Gasteiger partial charge in [-0.15, -0.1) is 0 Å². The molecule has 2 heterocycles. The lowest BCUT2D eigenvalue weighted by Crippen LogP contribution is -2.53. The molecule has 0 aliphatic carbocycles. The molecule has 0 radical (unpaired) electrons. The summed E-state index contributed by atoms with van der Waals surface area (Å²) in [4.78, 5) is 7.00. The lowest BCUT2D eigenvalue weighted by Gasteiger charge is -2.39. The van der Waals surface area contributed by atoms with Crippen LogP contribution in [0.2, 0.25) is 0 Å². The zero-order valence-electron chi connectivity index (χ0n) is 18.5. The first-order valence-electron chi connectivity index (χ1n) is 10.9. The van der Waals surface area contributed by atoms with Crippen molar-refractivity contribution in [2.45, 2.75) is 59.5 Å². The summed E-state index contributed by atoms with van der Waals surface area (Å²) < 4.78 is 7.63. The van der Waals surface area contributed by atoms with E-state index >= 15 is 0 Å². The molecule has 0 bridgehead atoms. The van der Waals surface area contributed by atoms with Crippen molar-refractivity contribution in [2.24, 2.45) is 10.9 Å². The van der Waals surface area contributed by atoms with Gasteiger partial charge in [0.25, 0.3) is 0 Å². The summed E-state index contributed by atoms with van der Waals surface area (Å²) in [5.74, 6) is 1.58. The molecule has 2 rings (SSSR count). The monoisotopic (exact) mass is 392 g/mol. The Balaban J connectivity index is 1.80. The van der Waals surface area contributed by atoms with Gasteiger partial charge in [0.05, 0.1) is 18.9 Å². The van der Waals surface area contributed by atoms with Gasteiger partial charge in [-0.2, -0.15) is 5.10 Å². The number of nitrogens with zero attached hydrogens (tertiary/aromatic N) is 4. The molecule has 0 aromatic carbocycles. The normalized spacial score (nSPS) is 17.1. The number of aryl methyl sites for hydroxylation is 3. The van der Waals surface area contributed by atoms with Crippen LogP contribution in [0.1, 0.15) is 44.5 Å². The third kappa shape index (κ3) is 6.78. The summed E-state index contributed by atoms with van der Waals surface area (Å²) in [5, 5.41) is 11.5. The second-order valence-electron chi connectivity index (χ2n) is 7.68. The fourth-order valence-electron chi connectivity index (χ4n) is 4.09. The molecule has 1 aromatic heterocycles. The Labute approximate surface area is 170 Å². The minimum Gasteiger partial charge on any atom is -0.379 e. The molecule has 1 aliphatic rings. The van der Waals surface area contributed by atoms with Crippen LogP contribution in [0.4, 0.5) is 0 Å². The van der Waals surface area contributed by atoms with Crippen LogP contribution in [0.15, 0.2) is 11.1 Å².